The first kappa shape index (κ1) is 30.3. The molecule has 226 valence electrons. The highest BCUT2D eigenvalue weighted by Gasteiger charge is 2.28. The Morgan fingerprint density at radius 3 is 2.26 bits per heavy atom. The minimum Gasteiger partial charge on any atom is -0.494 e. The molecule has 1 saturated heterocycles. The summed E-state index contributed by atoms with van der Waals surface area (Å²) in [5, 5.41) is 8.18. The number of nitrogens with one attached hydrogen (secondary N) is 1. The molecule has 0 atom stereocenters. The number of hydrogen-bond acceptors (Lipinski definition) is 5. The molecule has 0 saturated carbocycles. The topological polar surface area (TPSA) is 81.4 Å². The zero-order valence-corrected chi connectivity index (χ0v) is 26.0. The number of piperazine rings is 1. The molecule has 0 spiro atoms. The van der Waals surface area contributed by atoms with E-state index in [4.69, 9.17) is 9.84 Å². The highest BCUT2D eigenvalue weighted by atomic mass is 16.5. The van der Waals surface area contributed by atoms with E-state index in [-0.39, 0.29) is 17.4 Å². The van der Waals surface area contributed by atoms with Gasteiger partial charge in [-0.3, -0.25) is 14.2 Å². The molecule has 0 radical (unpaired) electrons. The Bertz CT molecular complexity index is 1610. The molecule has 1 N–H and O–H groups in total. The lowest BCUT2D eigenvalue weighted by Gasteiger charge is -2.30. The van der Waals surface area contributed by atoms with Crippen LogP contribution in [0.15, 0.2) is 65.6 Å². The van der Waals surface area contributed by atoms with Gasteiger partial charge >= 0.3 is 0 Å². The summed E-state index contributed by atoms with van der Waals surface area (Å²) in [6, 6.07) is 17.6. The molecule has 8 nitrogen and oxygen atoms in total. The first-order valence-corrected chi connectivity index (χ1v) is 15.6. The van der Waals surface area contributed by atoms with Crippen LogP contribution in [0.1, 0.15) is 61.8 Å². The normalized spacial score (nSPS) is 13.5. The lowest BCUT2D eigenvalue weighted by molar-refractivity contribution is 0.0733. The average Bonchev–Trinajstić information content (AvgIpc) is 3.51. The van der Waals surface area contributed by atoms with Crippen molar-refractivity contribution in [3.8, 4) is 28.4 Å². The number of para-hydroxylation sites is 1. The Morgan fingerprint density at radius 2 is 1.65 bits per heavy atom. The summed E-state index contributed by atoms with van der Waals surface area (Å²) in [5.74, 6) is 0.994. The Labute approximate surface area is 254 Å². The van der Waals surface area contributed by atoms with Crippen molar-refractivity contribution in [1.29, 1.82) is 0 Å². The molecule has 4 aromatic rings. The van der Waals surface area contributed by atoms with Gasteiger partial charge in [0, 0.05) is 38.1 Å². The summed E-state index contributed by atoms with van der Waals surface area (Å²) in [6.45, 7) is 13.8. The highest BCUT2D eigenvalue weighted by molar-refractivity contribution is 5.97. The van der Waals surface area contributed by atoms with Crippen LogP contribution in [0.5, 0.6) is 5.75 Å². The van der Waals surface area contributed by atoms with Gasteiger partial charge in [0.2, 0.25) is 0 Å². The summed E-state index contributed by atoms with van der Waals surface area (Å²) >= 11 is 0. The third-order valence-corrected chi connectivity index (χ3v) is 8.01. The van der Waals surface area contributed by atoms with Crippen molar-refractivity contribution >= 4 is 5.91 Å². The summed E-state index contributed by atoms with van der Waals surface area (Å²) in [7, 11) is 0. The van der Waals surface area contributed by atoms with E-state index < -0.39 is 0 Å². The van der Waals surface area contributed by atoms with Crippen molar-refractivity contribution in [2.45, 2.75) is 53.9 Å². The van der Waals surface area contributed by atoms with Crippen molar-refractivity contribution < 1.29 is 9.53 Å². The van der Waals surface area contributed by atoms with Crippen LogP contribution in [0.25, 0.3) is 22.6 Å². The smallest absolute Gasteiger partial charge is 0.264 e. The summed E-state index contributed by atoms with van der Waals surface area (Å²) in [5.41, 5.74) is 6.08. The van der Waals surface area contributed by atoms with Crippen LogP contribution in [0, 0.1) is 5.92 Å². The van der Waals surface area contributed by atoms with Gasteiger partial charge in [-0.2, -0.15) is 5.10 Å². The molecule has 2 aromatic heterocycles. The van der Waals surface area contributed by atoms with Gasteiger partial charge in [-0.1, -0.05) is 45.9 Å². The van der Waals surface area contributed by atoms with E-state index in [9.17, 15) is 9.59 Å². The number of aryl methyl sites for hydroxylation is 2. The molecule has 1 fully saturated rings. The van der Waals surface area contributed by atoms with E-state index in [1.54, 1.807) is 10.7 Å². The maximum atomic E-state index is 14.7. The van der Waals surface area contributed by atoms with Crippen LogP contribution in [0.2, 0.25) is 0 Å². The second-order valence-corrected chi connectivity index (χ2v) is 11.4. The van der Waals surface area contributed by atoms with Crippen molar-refractivity contribution in [1.82, 2.24) is 24.6 Å². The molecule has 1 amide bonds. The van der Waals surface area contributed by atoms with Gasteiger partial charge in [0.15, 0.2) is 0 Å². The third kappa shape index (κ3) is 6.30. The third-order valence-electron chi connectivity index (χ3n) is 8.01. The number of hydrogen-bond donors (Lipinski definition) is 1. The van der Waals surface area contributed by atoms with Gasteiger partial charge in [-0.15, -0.1) is 0 Å². The van der Waals surface area contributed by atoms with Gasteiger partial charge in [-0.05, 0) is 79.6 Å². The molecular weight excluding hydrogens is 538 g/mol. The van der Waals surface area contributed by atoms with E-state index >= 15 is 0 Å². The molecule has 3 heterocycles. The van der Waals surface area contributed by atoms with Crippen molar-refractivity contribution in [2.75, 3.05) is 32.8 Å². The minimum absolute atomic E-state index is 0.0369. The second-order valence-electron chi connectivity index (χ2n) is 11.4. The number of pyridine rings is 1. The fraction of sp³-hybridized carbons (Fsp3) is 0.400. The fourth-order valence-corrected chi connectivity index (χ4v) is 5.86. The van der Waals surface area contributed by atoms with E-state index in [2.05, 4.69) is 51.2 Å². The first-order chi connectivity index (χ1) is 20.9. The Balaban J connectivity index is 1.75. The maximum Gasteiger partial charge on any atom is 0.264 e. The number of nitrogens with zero attached hydrogens (tertiary/aromatic N) is 4. The van der Waals surface area contributed by atoms with Crippen molar-refractivity contribution in [3.63, 3.8) is 0 Å². The van der Waals surface area contributed by atoms with Crippen LogP contribution >= 0.6 is 0 Å². The molecule has 0 aliphatic carbocycles. The van der Waals surface area contributed by atoms with Crippen LogP contribution in [0.4, 0.5) is 0 Å². The van der Waals surface area contributed by atoms with E-state index in [0.29, 0.717) is 42.9 Å². The Morgan fingerprint density at radius 1 is 0.977 bits per heavy atom. The van der Waals surface area contributed by atoms with E-state index in [0.717, 1.165) is 59.9 Å². The molecule has 1 aliphatic rings. The number of aromatic nitrogens is 3. The second kappa shape index (κ2) is 13.4. The molecule has 0 bridgehead atoms. The average molecular weight is 582 g/mol. The Kier molecular flexibility index (Phi) is 9.46. The zero-order chi connectivity index (χ0) is 30.5. The monoisotopic (exact) mass is 581 g/mol. The van der Waals surface area contributed by atoms with Gasteiger partial charge in [-0.25, -0.2) is 4.68 Å². The summed E-state index contributed by atoms with van der Waals surface area (Å²) in [6.07, 6.45) is 4.00. The molecule has 5 rings (SSSR count). The maximum absolute atomic E-state index is 14.7. The zero-order valence-electron chi connectivity index (χ0n) is 26.0. The predicted octanol–water partition coefficient (Wildman–Crippen LogP) is 5.46. The number of carbonyl (C=O) groups is 1. The number of carbonyl (C=O) groups excluding carboxylic acids is 1. The van der Waals surface area contributed by atoms with Crippen LogP contribution in [-0.2, 0) is 19.3 Å². The number of benzene rings is 2. The number of amides is 1. The molecule has 8 heteroatoms. The SMILES string of the molecule is CCOc1ccc(-n2ccc(-c3cc(C(=O)N4CCNCC4)c(CC(C)C)n(-c4c(CC)cccc4CC)c3=O)n2)cc1. The predicted molar refractivity (Wildman–Crippen MR) is 172 cm³/mol. The number of ether oxygens (including phenoxy) is 1. The number of rotatable bonds is 10. The largest absolute Gasteiger partial charge is 0.494 e. The molecular formula is C35H43N5O3. The van der Waals surface area contributed by atoms with Gasteiger partial charge < -0.3 is 15.0 Å². The Hall–Kier alpha value is -4.17. The first-order valence-electron chi connectivity index (χ1n) is 15.6. The molecule has 2 aromatic carbocycles. The lowest BCUT2D eigenvalue weighted by Crippen LogP contribution is -2.47. The van der Waals surface area contributed by atoms with E-state index in [1.807, 2.05) is 52.9 Å². The van der Waals surface area contributed by atoms with Gasteiger partial charge in [0.1, 0.15) is 5.75 Å². The fourth-order valence-electron chi connectivity index (χ4n) is 5.86. The minimum atomic E-state index is -0.153. The van der Waals surface area contributed by atoms with Gasteiger partial charge in [0.05, 0.1) is 34.8 Å². The van der Waals surface area contributed by atoms with Crippen molar-refractivity contribution in [2.24, 2.45) is 5.92 Å². The highest BCUT2D eigenvalue weighted by Crippen LogP contribution is 2.29. The quantitative estimate of drug-likeness (QED) is 0.269. The molecule has 1 aliphatic heterocycles. The van der Waals surface area contributed by atoms with E-state index in [1.165, 1.54) is 0 Å². The molecule has 43 heavy (non-hydrogen) atoms. The summed E-state index contributed by atoms with van der Waals surface area (Å²) < 4.78 is 9.19. The van der Waals surface area contributed by atoms with Crippen LogP contribution in [-0.4, -0.2) is 57.9 Å². The van der Waals surface area contributed by atoms with Gasteiger partial charge in [0.25, 0.3) is 11.5 Å². The summed E-state index contributed by atoms with van der Waals surface area (Å²) in [4.78, 5) is 30.8. The van der Waals surface area contributed by atoms with Crippen LogP contribution in [0.3, 0.4) is 0 Å². The standard InChI is InChI=1S/C35H43N5O3/c1-6-25-10-9-11-26(7-2)33(25)40-32(22-24(4)5)30(34(41)38-20-17-36-18-21-38)23-29(35(40)42)31-16-19-39(37-31)27-12-14-28(15-13-27)43-8-3/h9-16,19,23-24,36H,6-8,17-18,20-22H2,1-5H3. The molecule has 0 unspecified atom stereocenters. The van der Waals surface area contributed by atoms with Crippen molar-refractivity contribution in [3.05, 3.63) is 93.5 Å². The lowest BCUT2D eigenvalue weighted by atomic mass is 9.96. The van der Waals surface area contributed by atoms with Crippen LogP contribution < -0.4 is 15.6 Å².